The van der Waals surface area contributed by atoms with Gasteiger partial charge < -0.3 is 0 Å². The number of hydrogen-bond donors (Lipinski definition) is 0. The third-order valence-corrected chi connectivity index (χ3v) is 3.07. The minimum atomic E-state index is -0.303. The fourth-order valence-corrected chi connectivity index (χ4v) is 2.26. The number of carbonyl (C=O) groups is 1. The Labute approximate surface area is 114 Å². The van der Waals surface area contributed by atoms with E-state index in [1.807, 2.05) is 24.3 Å². The predicted octanol–water partition coefficient (Wildman–Crippen LogP) is 3.94. The van der Waals surface area contributed by atoms with Crippen LogP contribution in [0.15, 0.2) is 53.0 Å². The number of rotatable bonds is 4. The van der Waals surface area contributed by atoms with Gasteiger partial charge in [-0.1, -0.05) is 40.2 Å². The molecule has 2 aromatic rings. The maximum atomic E-state index is 13.0. The summed E-state index contributed by atoms with van der Waals surface area (Å²) in [7, 11) is 0. The highest BCUT2D eigenvalue weighted by Crippen LogP contribution is 2.13. The first kappa shape index (κ1) is 13.0. The summed E-state index contributed by atoms with van der Waals surface area (Å²) in [5.74, 6) is -0.221. The largest absolute Gasteiger partial charge is 0.299 e. The monoisotopic (exact) mass is 306 g/mol. The van der Waals surface area contributed by atoms with Crippen LogP contribution < -0.4 is 0 Å². The van der Waals surface area contributed by atoms with Crippen LogP contribution in [0.25, 0.3) is 0 Å². The summed E-state index contributed by atoms with van der Waals surface area (Å²) in [6, 6.07) is 13.8. The molecule has 0 N–H and O–H groups in total. The van der Waals surface area contributed by atoms with Crippen LogP contribution >= 0.6 is 15.9 Å². The second kappa shape index (κ2) is 5.91. The van der Waals surface area contributed by atoms with Crippen LogP contribution in [0.4, 0.5) is 4.39 Å². The van der Waals surface area contributed by atoms with E-state index in [9.17, 15) is 9.18 Å². The fourth-order valence-electron chi connectivity index (χ4n) is 1.81. The first-order chi connectivity index (χ1) is 8.63. The van der Waals surface area contributed by atoms with Crippen LogP contribution in [-0.2, 0) is 17.6 Å². The summed E-state index contributed by atoms with van der Waals surface area (Å²) in [6.07, 6.45) is 0.639. The predicted molar refractivity (Wildman–Crippen MR) is 73.0 cm³/mol. The summed E-state index contributed by atoms with van der Waals surface area (Å²) in [5.41, 5.74) is 1.68. The van der Waals surface area contributed by atoms with Gasteiger partial charge in [-0.05, 0) is 35.4 Å². The van der Waals surface area contributed by atoms with E-state index in [0.29, 0.717) is 6.42 Å². The van der Waals surface area contributed by atoms with Crippen LogP contribution in [0.5, 0.6) is 0 Å². The van der Waals surface area contributed by atoms with E-state index < -0.39 is 0 Å². The molecule has 0 aliphatic carbocycles. The Morgan fingerprint density at radius 3 is 2.22 bits per heavy atom. The minimum absolute atomic E-state index is 0.0821. The molecule has 0 unspecified atom stereocenters. The standard InChI is InChI=1S/C15H12BrFO/c16-13-5-1-3-11(7-13)9-15(18)10-12-4-2-6-14(17)8-12/h1-8H,9-10H2. The van der Waals surface area contributed by atoms with Crippen molar-refractivity contribution in [2.45, 2.75) is 12.8 Å². The van der Waals surface area contributed by atoms with Crippen molar-refractivity contribution in [3.63, 3.8) is 0 Å². The van der Waals surface area contributed by atoms with Crippen molar-refractivity contribution >= 4 is 21.7 Å². The lowest BCUT2D eigenvalue weighted by Crippen LogP contribution is -2.06. The van der Waals surface area contributed by atoms with E-state index >= 15 is 0 Å². The molecule has 0 saturated carbocycles. The summed E-state index contributed by atoms with van der Waals surface area (Å²) >= 11 is 3.37. The number of hydrogen-bond acceptors (Lipinski definition) is 1. The SMILES string of the molecule is O=C(Cc1cccc(F)c1)Cc1cccc(Br)c1. The second-order valence-electron chi connectivity index (χ2n) is 4.15. The molecule has 0 radical (unpaired) electrons. The van der Waals surface area contributed by atoms with Crippen LogP contribution in [-0.4, -0.2) is 5.78 Å². The maximum absolute atomic E-state index is 13.0. The molecule has 0 bridgehead atoms. The molecule has 0 heterocycles. The van der Waals surface area contributed by atoms with E-state index in [-0.39, 0.29) is 18.0 Å². The Hall–Kier alpha value is -1.48. The lowest BCUT2D eigenvalue weighted by atomic mass is 10.0. The zero-order valence-electron chi connectivity index (χ0n) is 9.70. The summed E-state index contributed by atoms with van der Waals surface area (Å²) in [6.45, 7) is 0. The highest BCUT2D eigenvalue weighted by atomic mass is 79.9. The fraction of sp³-hybridized carbons (Fsp3) is 0.133. The normalized spacial score (nSPS) is 10.3. The molecule has 2 aromatic carbocycles. The number of carbonyl (C=O) groups excluding carboxylic acids is 1. The average Bonchev–Trinajstić information content (AvgIpc) is 2.28. The first-order valence-corrected chi connectivity index (χ1v) is 6.43. The van der Waals surface area contributed by atoms with Gasteiger partial charge in [-0.25, -0.2) is 4.39 Å². The number of ketones is 1. The summed E-state index contributed by atoms with van der Waals surface area (Å²) in [5, 5.41) is 0. The Morgan fingerprint density at radius 2 is 1.61 bits per heavy atom. The van der Waals surface area contributed by atoms with Gasteiger partial charge in [-0.15, -0.1) is 0 Å². The van der Waals surface area contributed by atoms with E-state index in [1.54, 1.807) is 12.1 Å². The van der Waals surface area contributed by atoms with Crippen LogP contribution in [0, 0.1) is 5.82 Å². The molecule has 1 nitrogen and oxygen atoms in total. The molecule has 0 aliphatic rings. The van der Waals surface area contributed by atoms with Crippen molar-refractivity contribution in [3.8, 4) is 0 Å². The molecule has 3 heteroatoms. The molecule has 0 atom stereocenters. The van der Waals surface area contributed by atoms with E-state index in [0.717, 1.165) is 15.6 Å². The van der Waals surface area contributed by atoms with Crippen molar-refractivity contribution < 1.29 is 9.18 Å². The molecule has 0 saturated heterocycles. The zero-order chi connectivity index (χ0) is 13.0. The highest BCUT2D eigenvalue weighted by molar-refractivity contribution is 9.10. The lowest BCUT2D eigenvalue weighted by Gasteiger charge is -2.03. The Morgan fingerprint density at radius 1 is 1.00 bits per heavy atom. The van der Waals surface area contributed by atoms with Crippen molar-refractivity contribution in [1.82, 2.24) is 0 Å². The molecule has 0 fully saturated rings. The third-order valence-electron chi connectivity index (χ3n) is 2.58. The van der Waals surface area contributed by atoms with Gasteiger partial charge in [-0.2, -0.15) is 0 Å². The molecular formula is C15H12BrFO. The van der Waals surface area contributed by atoms with E-state index in [4.69, 9.17) is 0 Å². The van der Waals surface area contributed by atoms with Crippen molar-refractivity contribution in [2.24, 2.45) is 0 Å². The quantitative estimate of drug-likeness (QED) is 0.836. The first-order valence-electron chi connectivity index (χ1n) is 5.64. The van der Waals surface area contributed by atoms with E-state index in [1.165, 1.54) is 12.1 Å². The van der Waals surface area contributed by atoms with Crippen molar-refractivity contribution in [1.29, 1.82) is 0 Å². The van der Waals surface area contributed by atoms with Gasteiger partial charge in [0.2, 0.25) is 0 Å². The van der Waals surface area contributed by atoms with Crippen molar-refractivity contribution in [2.75, 3.05) is 0 Å². The number of benzene rings is 2. The van der Waals surface area contributed by atoms with Gasteiger partial charge in [0.25, 0.3) is 0 Å². The third kappa shape index (κ3) is 3.77. The van der Waals surface area contributed by atoms with Gasteiger partial charge >= 0.3 is 0 Å². The van der Waals surface area contributed by atoms with Crippen LogP contribution in [0.3, 0.4) is 0 Å². The van der Waals surface area contributed by atoms with Gasteiger partial charge in [0.05, 0.1) is 0 Å². The Kier molecular flexibility index (Phi) is 4.26. The molecule has 2 rings (SSSR count). The number of halogens is 2. The number of Topliss-reactive ketones (excluding diaryl/α,β-unsaturated/α-hetero) is 1. The molecular weight excluding hydrogens is 295 g/mol. The molecule has 18 heavy (non-hydrogen) atoms. The topological polar surface area (TPSA) is 17.1 Å². The molecule has 0 amide bonds. The van der Waals surface area contributed by atoms with Gasteiger partial charge in [0, 0.05) is 17.3 Å². The minimum Gasteiger partial charge on any atom is -0.299 e. The molecule has 0 aliphatic heterocycles. The smallest absolute Gasteiger partial charge is 0.141 e. The summed E-state index contributed by atoms with van der Waals surface area (Å²) < 4.78 is 13.9. The molecule has 92 valence electrons. The average molecular weight is 307 g/mol. The highest BCUT2D eigenvalue weighted by Gasteiger charge is 2.06. The van der Waals surface area contributed by atoms with Gasteiger partial charge in [0.15, 0.2) is 0 Å². The van der Waals surface area contributed by atoms with Crippen LogP contribution in [0.1, 0.15) is 11.1 Å². The van der Waals surface area contributed by atoms with Crippen LogP contribution in [0.2, 0.25) is 0 Å². The Balaban J connectivity index is 2.01. The lowest BCUT2D eigenvalue weighted by molar-refractivity contribution is -0.117. The molecule has 0 spiro atoms. The zero-order valence-corrected chi connectivity index (χ0v) is 11.3. The van der Waals surface area contributed by atoms with E-state index in [2.05, 4.69) is 15.9 Å². The summed E-state index contributed by atoms with van der Waals surface area (Å²) in [4.78, 5) is 11.9. The Bertz CT molecular complexity index is 516. The van der Waals surface area contributed by atoms with Crippen molar-refractivity contribution in [3.05, 3.63) is 69.9 Å². The maximum Gasteiger partial charge on any atom is 0.141 e. The van der Waals surface area contributed by atoms with Gasteiger partial charge in [-0.3, -0.25) is 4.79 Å². The van der Waals surface area contributed by atoms with Gasteiger partial charge in [0.1, 0.15) is 11.6 Å². The second-order valence-corrected chi connectivity index (χ2v) is 5.07. The molecule has 0 aromatic heterocycles.